The highest BCUT2D eigenvalue weighted by atomic mass is 31.3. The predicted octanol–water partition coefficient (Wildman–Crippen LogP) is -3.02. The SMILES string of the molecule is CC(C)(COP(=O)([O-])OP(=O)([O-])OCC1OC(C)(n2cnc3c(N)ncnc32)C(O)C1OP(=O)([O-])[O-])C(O)C(=O)NCCC(=O)NCCC(=O)C(CC(=O)O)C(=O)c1ccccc1. The second-order valence-electron chi connectivity index (χ2n) is 14.6. The molecule has 7 N–H and O–H groups in total. The van der Waals surface area contributed by atoms with E-state index in [9.17, 15) is 72.6 Å². The van der Waals surface area contributed by atoms with Crippen LogP contribution in [0.1, 0.15) is 50.4 Å². The number of nitrogens with two attached hydrogens (primary N) is 1. The minimum absolute atomic E-state index is 0.0145. The molecule has 30 heteroatoms. The van der Waals surface area contributed by atoms with Crippen LogP contribution in [0.5, 0.6) is 0 Å². The zero-order valence-electron chi connectivity index (χ0n) is 33.4. The summed E-state index contributed by atoms with van der Waals surface area (Å²) in [5.41, 5.74) is 2.00. The maximum Gasteiger partial charge on any atom is 0.304 e. The standard InChI is InChI=1S/C33H46N7O20P3/c1-32(2,28(47)31(48)36-12-10-22(42)35-11-9-20(41)19(13-23(43)44)25(45)18-7-5-4-6-8-18)15-57-63(54,55)60-62(52,53)56-14-21-26(59-61(49,50)51)27(46)33(3,58-21)40-17-39-24-29(34)37-16-38-30(24)40/h4-8,16-17,19,21,26-28,46-47H,9-15H2,1-3H3,(H,35,42)(H,36,48)(H,43,44)(H,52,53)(H,54,55)(H2,34,37,38)(H2,49,50,51)/p-4. The van der Waals surface area contributed by atoms with Gasteiger partial charge in [-0.3, -0.25) is 37.7 Å². The van der Waals surface area contributed by atoms with Gasteiger partial charge < -0.3 is 74.1 Å². The summed E-state index contributed by atoms with van der Waals surface area (Å²) in [6.45, 7) is 0.397. The molecule has 63 heavy (non-hydrogen) atoms. The molecule has 0 radical (unpaired) electrons. The van der Waals surface area contributed by atoms with Crippen molar-refractivity contribution in [2.45, 2.75) is 70.2 Å². The first-order valence-corrected chi connectivity index (χ1v) is 22.7. The van der Waals surface area contributed by atoms with Gasteiger partial charge in [-0.25, -0.2) is 19.3 Å². The Kier molecular flexibility index (Phi) is 16.7. The summed E-state index contributed by atoms with van der Waals surface area (Å²) in [5, 5.41) is 35.5. The van der Waals surface area contributed by atoms with Crippen molar-refractivity contribution in [3.05, 3.63) is 48.5 Å². The summed E-state index contributed by atoms with van der Waals surface area (Å²) in [5.74, 6) is -6.19. The van der Waals surface area contributed by atoms with E-state index in [0.29, 0.717) is 0 Å². The molecule has 8 unspecified atom stereocenters. The number of ether oxygens (including phenoxy) is 1. The van der Waals surface area contributed by atoms with Gasteiger partial charge in [-0.15, -0.1) is 0 Å². The van der Waals surface area contributed by atoms with E-state index in [-0.39, 0.29) is 48.5 Å². The molecule has 0 bridgehead atoms. The van der Waals surface area contributed by atoms with Gasteiger partial charge in [0.1, 0.15) is 42.0 Å². The number of carbonyl (C=O) groups excluding carboxylic acids is 4. The first-order chi connectivity index (χ1) is 29.2. The summed E-state index contributed by atoms with van der Waals surface area (Å²) < 4.78 is 61.1. The first kappa shape index (κ1) is 51.2. The minimum atomic E-state index is -5.99. The number of aliphatic hydroxyl groups excluding tert-OH is 2. The minimum Gasteiger partial charge on any atom is -0.790 e. The average Bonchev–Trinajstić information content (AvgIpc) is 3.74. The predicted molar refractivity (Wildman–Crippen MR) is 202 cm³/mol. The van der Waals surface area contributed by atoms with E-state index in [0.717, 1.165) is 38.0 Å². The third-order valence-electron chi connectivity index (χ3n) is 9.37. The molecule has 2 amide bonds. The Bertz CT molecular complexity index is 2310. The smallest absolute Gasteiger partial charge is 0.304 e. The van der Waals surface area contributed by atoms with Crippen LogP contribution in [0.4, 0.5) is 5.82 Å². The highest BCUT2D eigenvalue weighted by Crippen LogP contribution is 2.56. The summed E-state index contributed by atoms with van der Waals surface area (Å²) in [4.78, 5) is 122. The van der Waals surface area contributed by atoms with Crippen molar-refractivity contribution in [2.24, 2.45) is 11.3 Å². The van der Waals surface area contributed by atoms with E-state index in [2.05, 4.69) is 43.5 Å². The summed E-state index contributed by atoms with van der Waals surface area (Å²) in [7, 11) is -17.8. The molecule has 4 rings (SSSR count). The molecule has 27 nitrogen and oxygen atoms in total. The van der Waals surface area contributed by atoms with E-state index in [1.54, 1.807) is 18.2 Å². The van der Waals surface area contributed by atoms with Crippen molar-refractivity contribution in [2.75, 3.05) is 32.0 Å². The maximum absolute atomic E-state index is 12.7. The molecule has 1 aliphatic rings. The number of aromatic nitrogens is 4. The lowest BCUT2D eigenvalue weighted by Gasteiger charge is -2.36. The number of fused-ring (bicyclic) bond motifs is 1. The second-order valence-corrected chi connectivity index (χ2v) is 18.7. The van der Waals surface area contributed by atoms with Crippen LogP contribution < -0.4 is 35.9 Å². The van der Waals surface area contributed by atoms with Gasteiger partial charge in [0.25, 0.3) is 15.6 Å². The molecule has 348 valence electrons. The van der Waals surface area contributed by atoms with Crippen LogP contribution in [0, 0.1) is 11.3 Å². The number of benzene rings is 1. The number of phosphoric ester groups is 3. The van der Waals surface area contributed by atoms with E-state index in [4.69, 9.17) is 10.5 Å². The highest BCUT2D eigenvalue weighted by molar-refractivity contribution is 7.59. The molecule has 0 aliphatic carbocycles. The Morgan fingerprint density at radius 1 is 0.984 bits per heavy atom. The van der Waals surface area contributed by atoms with Gasteiger partial charge >= 0.3 is 5.97 Å². The van der Waals surface area contributed by atoms with Crippen LogP contribution in [-0.4, -0.2) is 115 Å². The van der Waals surface area contributed by atoms with Crippen molar-refractivity contribution >= 4 is 69.8 Å². The van der Waals surface area contributed by atoms with Gasteiger partial charge in [-0.05, 0) is 6.92 Å². The van der Waals surface area contributed by atoms with Crippen LogP contribution >= 0.6 is 23.5 Å². The van der Waals surface area contributed by atoms with Crippen LogP contribution in [0.3, 0.4) is 0 Å². The third kappa shape index (κ3) is 13.8. The molecule has 1 saturated heterocycles. The fraction of sp³-hybridized carbons (Fsp3) is 0.515. The molecule has 0 spiro atoms. The van der Waals surface area contributed by atoms with Crippen molar-refractivity contribution in [1.29, 1.82) is 0 Å². The Morgan fingerprint density at radius 3 is 2.25 bits per heavy atom. The monoisotopic (exact) mass is 949 g/mol. The number of nitrogens with one attached hydrogen (secondary N) is 2. The van der Waals surface area contributed by atoms with Crippen LogP contribution in [-0.2, 0) is 61.2 Å². The normalized spacial score (nSPS) is 22.1. The Labute approximate surface area is 356 Å². The number of hydrogen-bond acceptors (Lipinski definition) is 23. The molecule has 1 aliphatic heterocycles. The molecular formula is C33H42N7O20P3-4. The lowest BCUT2D eigenvalue weighted by Crippen LogP contribution is -2.46. The maximum atomic E-state index is 12.7. The number of aliphatic carboxylic acids is 1. The van der Waals surface area contributed by atoms with Gasteiger partial charge in [-0.1, -0.05) is 44.2 Å². The number of carbonyl (C=O) groups is 5. The zero-order chi connectivity index (χ0) is 47.1. The van der Waals surface area contributed by atoms with Crippen molar-refractivity contribution in [3.63, 3.8) is 0 Å². The molecule has 2 aromatic heterocycles. The highest BCUT2D eigenvalue weighted by Gasteiger charge is 2.55. The van der Waals surface area contributed by atoms with Gasteiger partial charge in [0, 0.05) is 36.9 Å². The number of aliphatic hydroxyl groups is 2. The first-order valence-electron chi connectivity index (χ1n) is 18.4. The van der Waals surface area contributed by atoms with E-state index >= 15 is 0 Å². The molecule has 0 saturated carbocycles. The fourth-order valence-electron chi connectivity index (χ4n) is 6.06. The number of anilines is 1. The van der Waals surface area contributed by atoms with Crippen LogP contribution in [0.15, 0.2) is 43.0 Å². The van der Waals surface area contributed by atoms with Gasteiger partial charge in [0.05, 0.1) is 39.7 Å². The molecule has 3 heterocycles. The zero-order valence-corrected chi connectivity index (χ0v) is 36.1. The number of amides is 2. The Hall–Kier alpha value is -4.43. The summed E-state index contributed by atoms with van der Waals surface area (Å²) in [6.07, 6.45) is -7.64. The quantitative estimate of drug-likeness (QED) is 0.0296. The molecule has 8 atom stereocenters. The number of imidazole rings is 1. The summed E-state index contributed by atoms with van der Waals surface area (Å²) in [6, 6.07) is 7.58. The average molecular weight is 950 g/mol. The number of rotatable bonds is 24. The van der Waals surface area contributed by atoms with Crippen molar-refractivity contribution in [3.8, 4) is 0 Å². The van der Waals surface area contributed by atoms with E-state index < -0.39 is 114 Å². The molecule has 1 aromatic carbocycles. The number of Topliss-reactive ketones (excluding diaryl/α,β-unsaturated/α-hetero) is 2. The van der Waals surface area contributed by atoms with Gasteiger partial charge in [0.15, 0.2) is 23.0 Å². The van der Waals surface area contributed by atoms with Gasteiger partial charge in [0.2, 0.25) is 11.8 Å². The number of carboxylic acids is 1. The number of phosphoric acid groups is 3. The number of carboxylic acid groups (broad SMARTS) is 1. The van der Waals surface area contributed by atoms with Gasteiger partial charge in [-0.2, -0.15) is 0 Å². The largest absolute Gasteiger partial charge is 0.790 e. The number of nitrogen functional groups attached to an aromatic ring is 1. The number of nitrogens with zero attached hydrogens (tertiary/aromatic N) is 4. The molecule has 1 fully saturated rings. The number of hydrogen-bond donors (Lipinski definition) is 6. The molecular weight excluding hydrogens is 907 g/mol. The lowest BCUT2D eigenvalue weighted by molar-refractivity contribution is -0.347. The Balaban J connectivity index is 1.25. The van der Waals surface area contributed by atoms with E-state index in [1.807, 2.05) is 0 Å². The van der Waals surface area contributed by atoms with Crippen molar-refractivity contribution < 1.29 is 95.2 Å². The van der Waals surface area contributed by atoms with Crippen LogP contribution in [0.25, 0.3) is 11.2 Å². The van der Waals surface area contributed by atoms with Crippen LogP contribution in [0.2, 0.25) is 0 Å². The molecule has 3 aromatic rings. The topological polar surface area (TPSA) is 429 Å². The van der Waals surface area contributed by atoms with E-state index in [1.165, 1.54) is 12.1 Å². The fourth-order valence-corrected chi connectivity index (χ4v) is 8.79. The Morgan fingerprint density at radius 2 is 1.62 bits per heavy atom. The third-order valence-corrected chi connectivity index (χ3v) is 12.4. The lowest BCUT2D eigenvalue weighted by atomic mass is 9.87. The number of ketones is 2. The van der Waals surface area contributed by atoms with Crippen molar-refractivity contribution in [1.82, 2.24) is 30.2 Å². The summed E-state index contributed by atoms with van der Waals surface area (Å²) >= 11 is 0. The second kappa shape index (κ2) is 20.6.